The van der Waals surface area contributed by atoms with Crippen molar-refractivity contribution in [1.82, 2.24) is 0 Å². The lowest BCUT2D eigenvalue weighted by Crippen LogP contribution is -2.12. The highest BCUT2D eigenvalue weighted by molar-refractivity contribution is 9.09. The molecule has 0 aliphatic heterocycles. The molecule has 0 aromatic heterocycles. The van der Waals surface area contributed by atoms with E-state index in [1.807, 2.05) is 18.2 Å². The molecule has 1 aromatic carbocycles. The number of methoxy groups -OCH3 is 3. The fraction of sp³-hybridized carbons (Fsp3) is 0.462. The number of hydrogen-bond acceptors (Lipinski definition) is 4. The van der Waals surface area contributed by atoms with Crippen LogP contribution in [0.2, 0.25) is 0 Å². The maximum Gasteiger partial charge on any atom is 0.306 e. The molecule has 0 saturated heterocycles. The van der Waals surface area contributed by atoms with Crippen LogP contribution in [-0.2, 0) is 16.0 Å². The van der Waals surface area contributed by atoms with E-state index in [0.717, 1.165) is 17.1 Å². The lowest BCUT2D eigenvalue weighted by atomic mass is 10.1. The van der Waals surface area contributed by atoms with Crippen molar-refractivity contribution in [2.75, 3.05) is 21.3 Å². The van der Waals surface area contributed by atoms with Gasteiger partial charge in [-0.2, -0.15) is 0 Å². The molecule has 100 valence electrons. The van der Waals surface area contributed by atoms with Gasteiger partial charge in [-0.15, -0.1) is 0 Å². The normalized spacial score (nSPS) is 11.8. The van der Waals surface area contributed by atoms with Crippen molar-refractivity contribution in [2.24, 2.45) is 0 Å². The molecule has 0 saturated carbocycles. The fourth-order valence-electron chi connectivity index (χ4n) is 1.60. The van der Waals surface area contributed by atoms with E-state index in [9.17, 15) is 4.79 Å². The molecule has 1 rings (SSSR count). The lowest BCUT2D eigenvalue weighted by Gasteiger charge is -2.13. The van der Waals surface area contributed by atoms with Crippen LogP contribution >= 0.6 is 15.9 Å². The molecule has 0 heterocycles. The summed E-state index contributed by atoms with van der Waals surface area (Å²) in [6, 6.07) is 5.63. The smallest absolute Gasteiger partial charge is 0.306 e. The van der Waals surface area contributed by atoms with E-state index in [4.69, 9.17) is 9.47 Å². The van der Waals surface area contributed by atoms with Crippen LogP contribution in [0, 0.1) is 0 Å². The van der Waals surface area contributed by atoms with E-state index < -0.39 is 0 Å². The van der Waals surface area contributed by atoms with Crippen LogP contribution in [0.1, 0.15) is 12.0 Å². The van der Waals surface area contributed by atoms with Gasteiger partial charge in [0.05, 0.1) is 27.8 Å². The third-order valence-corrected chi connectivity index (χ3v) is 3.20. The molecule has 0 bridgehead atoms. The van der Waals surface area contributed by atoms with Gasteiger partial charge in [0.15, 0.2) is 0 Å². The van der Waals surface area contributed by atoms with Crippen molar-refractivity contribution in [3.8, 4) is 11.5 Å². The van der Waals surface area contributed by atoms with Crippen LogP contribution in [0.4, 0.5) is 0 Å². The summed E-state index contributed by atoms with van der Waals surface area (Å²) in [5, 5.41) is 0. The summed E-state index contributed by atoms with van der Waals surface area (Å²) in [5.74, 6) is 1.27. The van der Waals surface area contributed by atoms with Crippen LogP contribution in [-0.4, -0.2) is 32.1 Å². The average molecular weight is 317 g/mol. The first kappa shape index (κ1) is 14.8. The first-order valence-electron chi connectivity index (χ1n) is 5.52. The van der Waals surface area contributed by atoms with Gasteiger partial charge in [-0.3, -0.25) is 4.79 Å². The lowest BCUT2D eigenvalue weighted by molar-refractivity contribution is -0.140. The van der Waals surface area contributed by atoms with E-state index in [2.05, 4.69) is 20.7 Å². The average Bonchev–Trinajstić information content (AvgIpc) is 2.38. The molecule has 1 aromatic rings. The Labute approximate surface area is 115 Å². The van der Waals surface area contributed by atoms with Gasteiger partial charge in [-0.05, 0) is 18.1 Å². The molecular formula is C13H17BrO4. The largest absolute Gasteiger partial charge is 0.497 e. The van der Waals surface area contributed by atoms with Gasteiger partial charge >= 0.3 is 5.97 Å². The standard InChI is InChI=1S/C13H17BrO4/c1-16-11-5-4-9(12(8-11)17-2)6-10(14)7-13(15)18-3/h4-5,8,10H,6-7H2,1-3H3. The Bertz CT molecular complexity index is 406. The number of carbonyl (C=O) groups excluding carboxylic acids is 1. The Kier molecular flexibility index (Phi) is 5.98. The molecule has 5 heteroatoms. The van der Waals surface area contributed by atoms with Crippen molar-refractivity contribution in [2.45, 2.75) is 17.7 Å². The molecule has 0 N–H and O–H groups in total. The highest BCUT2D eigenvalue weighted by Gasteiger charge is 2.14. The predicted octanol–water partition coefficient (Wildman–Crippen LogP) is 2.57. The first-order valence-corrected chi connectivity index (χ1v) is 6.44. The highest BCUT2D eigenvalue weighted by Crippen LogP contribution is 2.27. The Balaban J connectivity index is 2.74. The molecular weight excluding hydrogens is 300 g/mol. The molecule has 0 fully saturated rings. The molecule has 18 heavy (non-hydrogen) atoms. The summed E-state index contributed by atoms with van der Waals surface area (Å²) >= 11 is 3.47. The van der Waals surface area contributed by atoms with E-state index in [-0.39, 0.29) is 10.8 Å². The van der Waals surface area contributed by atoms with Crippen LogP contribution in [0.5, 0.6) is 11.5 Å². The molecule has 0 aliphatic rings. The number of rotatable bonds is 6. The molecule has 4 nitrogen and oxygen atoms in total. The number of hydrogen-bond donors (Lipinski definition) is 0. The van der Waals surface area contributed by atoms with Gasteiger partial charge in [0.1, 0.15) is 11.5 Å². The number of benzene rings is 1. The van der Waals surface area contributed by atoms with Crippen molar-refractivity contribution < 1.29 is 19.0 Å². The van der Waals surface area contributed by atoms with Crippen LogP contribution in [0.3, 0.4) is 0 Å². The summed E-state index contributed by atoms with van der Waals surface area (Å²) in [4.78, 5) is 11.2. The Morgan fingerprint density at radius 3 is 2.56 bits per heavy atom. The van der Waals surface area contributed by atoms with Crippen molar-refractivity contribution in [3.05, 3.63) is 23.8 Å². The summed E-state index contributed by atoms with van der Waals surface area (Å²) < 4.78 is 15.1. The summed E-state index contributed by atoms with van der Waals surface area (Å²) in [5.41, 5.74) is 1.02. The SMILES string of the molecule is COC(=O)CC(Br)Cc1ccc(OC)cc1OC. The van der Waals surface area contributed by atoms with Gasteiger partial charge in [0.2, 0.25) is 0 Å². The summed E-state index contributed by atoms with van der Waals surface area (Å²) in [7, 11) is 4.61. The quantitative estimate of drug-likeness (QED) is 0.597. The third kappa shape index (κ3) is 4.22. The second-order valence-electron chi connectivity index (χ2n) is 3.76. The maximum atomic E-state index is 11.2. The monoisotopic (exact) mass is 316 g/mol. The zero-order chi connectivity index (χ0) is 13.5. The number of ether oxygens (including phenoxy) is 3. The van der Waals surface area contributed by atoms with Gasteiger partial charge in [0, 0.05) is 10.9 Å². The van der Waals surface area contributed by atoms with Crippen LogP contribution < -0.4 is 9.47 Å². The predicted molar refractivity (Wildman–Crippen MR) is 72.6 cm³/mol. The zero-order valence-electron chi connectivity index (χ0n) is 10.7. The Morgan fingerprint density at radius 2 is 2.00 bits per heavy atom. The number of halogens is 1. The van der Waals surface area contributed by atoms with E-state index in [1.165, 1.54) is 7.11 Å². The topological polar surface area (TPSA) is 44.8 Å². The van der Waals surface area contributed by atoms with Crippen LogP contribution in [0.25, 0.3) is 0 Å². The summed E-state index contributed by atoms with van der Waals surface area (Å²) in [6.07, 6.45) is 1.01. The second kappa shape index (κ2) is 7.26. The Hall–Kier alpha value is -1.23. The van der Waals surface area contributed by atoms with Gasteiger partial charge in [0.25, 0.3) is 0 Å². The van der Waals surface area contributed by atoms with E-state index in [0.29, 0.717) is 12.8 Å². The molecule has 1 unspecified atom stereocenters. The minimum absolute atomic E-state index is 0.0206. The molecule has 0 radical (unpaired) electrons. The number of carbonyl (C=O) groups is 1. The van der Waals surface area contributed by atoms with Crippen LogP contribution in [0.15, 0.2) is 18.2 Å². The second-order valence-corrected chi connectivity index (χ2v) is 5.05. The molecule has 1 atom stereocenters. The van der Waals surface area contributed by atoms with Crippen molar-refractivity contribution >= 4 is 21.9 Å². The molecule has 0 aliphatic carbocycles. The first-order chi connectivity index (χ1) is 8.60. The Morgan fingerprint density at radius 1 is 1.28 bits per heavy atom. The molecule has 0 amide bonds. The minimum atomic E-state index is -0.232. The molecule has 0 spiro atoms. The number of esters is 1. The highest BCUT2D eigenvalue weighted by atomic mass is 79.9. The number of alkyl halides is 1. The van der Waals surface area contributed by atoms with Gasteiger partial charge in [-0.25, -0.2) is 0 Å². The minimum Gasteiger partial charge on any atom is -0.497 e. The maximum absolute atomic E-state index is 11.2. The third-order valence-electron chi connectivity index (χ3n) is 2.55. The van der Waals surface area contributed by atoms with E-state index in [1.54, 1.807) is 14.2 Å². The van der Waals surface area contributed by atoms with Gasteiger partial charge in [-0.1, -0.05) is 22.0 Å². The summed E-state index contributed by atoms with van der Waals surface area (Å²) in [6.45, 7) is 0. The van der Waals surface area contributed by atoms with E-state index >= 15 is 0 Å². The van der Waals surface area contributed by atoms with Crippen molar-refractivity contribution in [1.29, 1.82) is 0 Å². The fourth-order valence-corrected chi connectivity index (χ4v) is 2.21. The zero-order valence-corrected chi connectivity index (χ0v) is 12.3. The van der Waals surface area contributed by atoms with Crippen molar-refractivity contribution in [3.63, 3.8) is 0 Å². The van der Waals surface area contributed by atoms with Gasteiger partial charge < -0.3 is 14.2 Å².